The van der Waals surface area contributed by atoms with E-state index in [0.717, 1.165) is 5.56 Å². The topological polar surface area (TPSA) is 69.6 Å². The van der Waals surface area contributed by atoms with E-state index in [4.69, 9.17) is 6.42 Å². The number of amides is 2. The molecule has 2 amide bonds. The Morgan fingerprint density at radius 2 is 2.05 bits per heavy atom. The Labute approximate surface area is 112 Å². The summed E-state index contributed by atoms with van der Waals surface area (Å²) in [5.74, 6) is 1.26. The summed E-state index contributed by atoms with van der Waals surface area (Å²) in [5, 5.41) is 11.8. The summed E-state index contributed by atoms with van der Waals surface area (Å²) in [6.45, 7) is 3.70. The van der Waals surface area contributed by atoms with E-state index in [0.29, 0.717) is 11.3 Å². The van der Waals surface area contributed by atoms with Gasteiger partial charge < -0.3 is 15.3 Å². The molecule has 0 aliphatic rings. The lowest BCUT2D eigenvalue weighted by Gasteiger charge is -2.18. The fourth-order valence-electron chi connectivity index (χ4n) is 1.71. The van der Waals surface area contributed by atoms with Crippen LogP contribution in [0.3, 0.4) is 0 Å². The molecule has 0 atom stereocenters. The summed E-state index contributed by atoms with van der Waals surface area (Å²) in [7, 11) is 1.54. The Hall–Kier alpha value is -2.48. The van der Waals surface area contributed by atoms with Gasteiger partial charge in [-0.1, -0.05) is 12.0 Å². The maximum absolute atomic E-state index is 11.8. The largest absolute Gasteiger partial charge is 0.478 e. The molecule has 5 nitrogen and oxygen atoms in total. The van der Waals surface area contributed by atoms with Crippen molar-refractivity contribution >= 4 is 17.7 Å². The van der Waals surface area contributed by atoms with Crippen molar-refractivity contribution in [3.63, 3.8) is 0 Å². The third-order valence-electron chi connectivity index (χ3n) is 2.62. The van der Waals surface area contributed by atoms with E-state index in [1.807, 2.05) is 6.07 Å². The van der Waals surface area contributed by atoms with Gasteiger partial charge in [0, 0.05) is 7.05 Å². The van der Waals surface area contributed by atoms with Crippen LogP contribution in [0.2, 0.25) is 0 Å². The number of benzene rings is 1. The Kier molecular flexibility index (Phi) is 4.54. The highest BCUT2D eigenvalue weighted by Crippen LogP contribution is 2.23. The van der Waals surface area contributed by atoms with Crippen molar-refractivity contribution in [1.29, 1.82) is 0 Å². The van der Waals surface area contributed by atoms with Gasteiger partial charge in [-0.2, -0.15) is 0 Å². The Bertz CT molecular complexity index is 559. The summed E-state index contributed by atoms with van der Waals surface area (Å²) >= 11 is 0. The minimum Gasteiger partial charge on any atom is -0.478 e. The Balaban J connectivity index is 3.11. The molecule has 5 heteroatoms. The van der Waals surface area contributed by atoms with Gasteiger partial charge in [0.25, 0.3) is 0 Å². The van der Waals surface area contributed by atoms with Gasteiger partial charge in [-0.15, -0.1) is 6.42 Å². The highest BCUT2D eigenvalue weighted by atomic mass is 16.4. The molecule has 1 aromatic rings. The predicted molar refractivity (Wildman–Crippen MR) is 73.4 cm³/mol. The molecule has 0 saturated carbocycles. The van der Waals surface area contributed by atoms with E-state index in [9.17, 15) is 14.7 Å². The third-order valence-corrected chi connectivity index (χ3v) is 2.62. The molecule has 0 aromatic heterocycles. The third kappa shape index (κ3) is 3.49. The first-order valence-corrected chi connectivity index (χ1v) is 5.67. The number of hydrogen-bond acceptors (Lipinski definition) is 2. The maximum Gasteiger partial charge on any atom is 0.337 e. The first kappa shape index (κ1) is 14.6. The van der Waals surface area contributed by atoms with Gasteiger partial charge in [-0.3, -0.25) is 0 Å². The lowest BCUT2D eigenvalue weighted by molar-refractivity contribution is 0.0698. The first-order valence-electron chi connectivity index (χ1n) is 5.67. The number of anilines is 1. The number of rotatable bonds is 3. The van der Waals surface area contributed by atoms with Crippen molar-refractivity contribution in [3.8, 4) is 12.3 Å². The fourth-order valence-corrected chi connectivity index (χ4v) is 1.71. The van der Waals surface area contributed by atoms with Gasteiger partial charge in [0.2, 0.25) is 0 Å². The van der Waals surface area contributed by atoms with Crippen LogP contribution in [0.25, 0.3) is 0 Å². The number of aryl methyl sites for hydroxylation is 2. The van der Waals surface area contributed by atoms with Crippen molar-refractivity contribution in [1.82, 2.24) is 4.90 Å². The lowest BCUT2D eigenvalue weighted by atomic mass is 10.0. The average Bonchev–Trinajstić information content (AvgIpc) is 2.32. The molecule has 1 rings (SSSR count). The number of nitrogens with one attached hydrogen (secondary N) is 1. The molecule has 0 unspecified atom stereocenters. The van der Waals surface area contributed by atoms with Gasteiger partial charge >= 0.3 is 12.0 Å². The molecule has 19 heavy (non-hydrogen) atoms. The number of carboxylic acids is 1. The molecular formula is C14H16N2O3. The van der Waals surface area contributed by atoms with Crippen LogP contribution in [-0.2, 0) is 0 Å². The number of carbonyl (C=O) groups excluding carboxylic acids is 1. The van der Waals surface area contributed by atoms with Crippen molar-refractivity contribution in [2.75, 3.05) is 18.9 Å². The zero-order valence-corrected chi connectivity index (χ0v) is 11.2. The van der Waals surface area contributed by atoms with Crippen molar-refractivity contribution in [3.05, 3.63) is 28.8 Å². The molecule has 1 aromatic carbocycles. The van der Waals surface area contributed by atoms with Crippen LogP contribution in [-0.4, -0.2) is 35.6 Å². The summed E-state index contributed by atoms with van der Waals surface area (Å²) in [5.41, 5.74) is 1.89. The van der Waals surface area contributed by atoms with Gasteiger partial charge in [-0.05, 0) is 31.0 Å². The van der Waals surface area contributed by atoms with E-state index in [2.05, 4.69) is 11.2 Å². The molecule has 0 fully saturated rings. The van der Waals surface area contributed by atoms with Crippen LogP contribution in [0, 0.1) is 26.2 Å². The van der Waals surface area contributed by atoms with Crippen LogP contribution >= 0.6 is 0 Å². The standard InChI is InChI=1S/C14H16N2O3/c1-5-6-16(4)14(19)15-12-10(3)7-9(2)8-11(12)13(17)18/h1,7-8H,6H2,2-4H3,(H,15,19)(H,17,18). The quantitative estimate of drug-likeness (QED) is 0.818. The van der Waals surface area contributed by atoms with Crippen molar-refractivity contribution in [2.24, 2.45) is 0 Å². The highest BCUT2D eigenvalue weighted by Gasteiger charge is 2.17. The Morgan fingerprint density at radius 3 is 2.58 bits per heavy atom. The molecule has 0 aliphatic carbocycles. The second kappa shape index (κ2) is 5.91. The zero-order valence-electron chi connectivity index (χ0n) is 11.2. The minimum atomic E-state index is -1.08. The normalized spacial score (nSPS) is 9.58. The van der Waals surface area contributed by atoms with Crippen molar-refractivity contribution in [2.45, 2.75) is 13.8 Å². The summed E-state index contributed by atoms with van der Waals surface area (Å²) in [4.78, 5) is 24.3. The number of nitrogens with zero attached hydrogens (tertiary/aromatic N) is 1. The summed E-state index contributed by atoms with van der Waals surface area (Å²) in [6.07, 6.45) is 5.12. The van der Waals surface area contributed by atoms with Crippen LogP contribution in [0.1, 0.15) is 21.5 Å². The summed E-state index contributed by atoms with van der Waals surface area (Å²) < 4.78 is 0. The monoisotopic (exact) mass is 260 g/mol. The van der Waals surface area contributed by atoms with Crippen LogP contribution in [0.5, 0.6) is 0 Å². The number of urea groups is 1. The lowest BCUT2D eigenvalue weighted by Crippen LogP contribution is -2.32. The molecule has 0 spiro atoms. The van der Waals surface area contributed by atoms with Gasteiger partial charge in [0.15, 0.2) is 0 Å². The SMILES string of the molecule is C#CCN(C)C(=O)Nc1c(C)cc(C)cc1C(=O)O. The molecule has 0 saturated heterocycles. The van der Waals surface area contributed by atoms with Crippen LogP contribution in [0.4, 0.5) is 10.5 Å². The molecule has 0 bridgehead atoms. The molecule has 0 aliphatic heterocycles. The minimum absolute atomic E-state index is 0.0694. The zero-order chi connectivity index (χ0) is 14.6. The number of carboxylic acid groups (broad SMARTS) is 1. The second-order valence-corrected chi connectivity index (χ2v) is 4.30. The number of terminal acetylenes is 1. The van der Waals surface area contributed by atoms with Gasteiger partial charge in [0.05, 0.1) is 17.8 Å². The number of carbonyl (C=O) groups is 2. The van der Waals surface area contributed by atoms with E-state index in [-0.39, 0.29) is 12.1 Å². The maximum atomic E-state index is 11.8. The van der Waals surface area contributed by atoms with Crippen LogP contribution in [0.15, 0.2) is 12.1 Å². The molecular weight excluding hydrogens is 244 g/mol. The molecule has 100 valence electrons. The predicted octanol–water partition coefficient (Wildman–Crippen LogP) is 2.10. The van der Waals surface area contributed by atoms with Crippen molar-refractivity contribution < 1.29 is 14.7 Å². The van der Waals surface area contributed by atoms with Gasteiger partial charge in [-0.25, -0.2) is 9.59 Å². The highest BCUT2D eigenvalue weighted by molar-refractivity contribution is 6.01. The second-order valence-electron chi connectivity index (χ2n) is 4.30. The fraction of sp³-hybridized carbons (Fsp3) is 0.286. The number of aromatic carboxylic acids is 1. The van der Waals surface area contributed by atoms with Crippen LogP contribution < -0.4 is 5.32 Å². The molecule has 2 N–H and O–H groups in total. The van der Waals surface area contributed by atoms with E-state index >= 15 is 0 Å². The van der Waals surface area contributed by atoms with E-state index in [1.165, 1.54) is 11.0 Å². The number of hydrogen-bond donors (Lipinski definition) is 2. The average molecular weight is 260 g/mol. The summed E-state index contributed by atoms with van der Waals surface area (Å²) in [6, 6.07) is 2.89. The first-order chi connectivity index (χ1) is 8.86. The Morgan fingerprint density at radius 1 is 1.42 bits per heavy atom. The van der Waals surface area contributed by atoms with Gasteiger partial charge in [0.1, 0.15) is 0 Å². The van der Waals surface area contributed by atoms with E-state index < -0.39 is 12.0 Å². The van der Waals surface area contributed by atoms with E-state index in [1.54, 1.807) is 20.9 Å². The smallest absolute Gasteiger partial charge is 0.337 e. The molecule has 0 heterocycles. The molecule has 0 radical (unpaired) electrons.